The van der Waals surface area contributed by atoms with Gasteiger partial charge in [-0.1, -0.05) is 0 Å². The van der Waals surface area contributed by atoms with Crippen molar-refractivity contribution in [1.29, 1.82) is 5.26 Å². The van der Waals surface area contributed by atoms with E-state index in [-0.39, 0.29) is 37.5 Å². The fourth-order valence-electron chi connectivity index (χ4n) is 2.58. The third-order valence-corrected chi connectivity index (χ3v) is 3.77. The van der Waals surface area contributed by atoms with E-state index in [0.29, 0.717) is 0 Å². The normalized spacial score (nSPS) is 32.1. The Kier molecular flexibility index (Phi) is 3.36. The quantitative estimate of drug-likeness (QED) is 0.813. The lowest BCUT2D eigenvalue weighted by Gasteiger charge is -2.19. The first-order valence-electron chi connectivity index (χ1n) is 6.59. The average molecular weight is 278 g/mol. The molecule has 2 heterocycles. The van der Waals surface area contributed by atoms with Crippen LogP contribution in [-0.4, -0.2) is 56.9 Å². The summed E-state index contributed by atoms with van der Waals surface area (Å²) in [6.45, 7) is 0.149. The van der Waals surface area contributed by atoms with Gasteiger partial charge in [-0.3, -0.25) is 4.79 Å². The second-order valence-electron chi connectivity index (χ2n) is 5.19. The molecule has 1 aromatic heterocycles. The largest absolute Gasteiger partial charge is 0.323 e. The standard InChI is InChI=1S/C12H15FN6O/c13-8-1-9(3-14)18(5-8)12(20)4-16-10-2-11(10)19-7-15-6-17-19/h6-11,16H,1-2,4-5H2/t8-,9-,10?,11-/m0/s1. The summed E-state index contributed by atoms with van der Waals surface area (Å²) in [7, 11) is 0. The zero-order valence-electron chi connectivity index (χ0n) is 10.8. The molecule has 20 heavy (non-hydrogen) atoms. The number of rotatable bonds is 4. The van der Waals surface area contributed by atoms with E-state index in [2.05, 4.69) is 15.4 Å². The molecule has 3 rings (SSSR count). The molecular formula is C12H15FN6O. The van der Waals surface area contributed by atoms with E-state index < -0.39 is 12.2 Å². The number of aromatic nitrogens is 3. The van der Waals surface area contributed by atoms with Gasteiger partial charge in [-0.05, 0) is 6.42 Å². The van der Waals surface area contributed by atoms with Crippen molar-refractivity contribution in [2.75, 3.05) is 13.1 Å². The number of hydrogen-bond acceptors (Lipinski definition) is 5. The van der Waals surface area contributed by atoms with Crippen LogP contribution in [0.5, 0.6) is 0 Å². The number of nitriles is 1. The summed E-state index contributed by atoms with van der Waals surface area (Å²) >= 11 is 0. The van der Waals surface area contributed by atoms with Crippen molar-refractivity contribution < 1.29 is 9.18 Å². The van der Waals surface area contributed by atoms with E-state index in [1.165, 1.54) is 11.2 Å². The summed E-state index contributed by atoms with van der Waals surface area (Å²) in [5, 5.41) is 16.1. The van der Waals surface area contributed by atoms with E-state index in [9.17, 15) is 9.18 Å². The molecule has 0 aromatic carbocycles. The van der Waals surface area contributed by atoms with E-state index in [1.54, 1.807) is 11.0 Å². The minimum atomic E-state index is -1.09. The maximum absolute atomic E-state index is 13.2. The van der Waals surface area contributed by atoms with Crippen molar-refractivity contribution in [3.63, 3.8) is 0 Å². The summed E-state index contributed by atoms with van der Waals surface area (Å²) in [5.41, 5.74) is 0. The molecule has 1 amide bonds. The number of hydrogen-bond donors (Lipinski definition) is 1. The van der Waals surface area contributed by atoms with Crippen molar-refractivity contribution in [2.24, 2.45) is 0 Å². The number of halogens is 1. The van der Waals surface area contributed by atoms with Crippen LogP contribution >= 0.6 is 0 Å². The molecule has 2 aliphatic rings. The predicted octanol–water partition coefficient (Wildman–Crippen LogP) is -0.356. The molecule has 0 spiro atoms. The Labute approximate surface area is 115 Å². The van der Waals surface area contributed by atoms with Gasteiger partial charge in [0.1, 0.15) is 24.9 Å². The zero-order valence-corrected chi connectivity index (χ0v) is 10.8. The molecule has 1 unspecified atom stereocenters. The average Bonchev–Trinajstić information content (AvgIpc) is 2.88. The molecule has 4 atom stereocenters. The lowest BCUT2D eigenvalue weighted by Crippen LogP contribution is -2.41. The van der Waals surface area contributed by atoms with Crippen LogP contribution in [-0.2, 0) is 4.79 Å². The molecule has 8 heteroatoms. The second-order valence-corrected chi connectivity index (χ2v) is 5.19. The molecule has 1 saturated heterocycles. The molecule has 0 bridgehead atoms. The molecule has 1 saturated carbocycles. The molecule has 106 valence electrons. The highest BCUT2D eigenvalue weighted by molar-refractivity contribution is 5.79. The van der Waals surface area contributed by atoms with Crippen LogP contribution < -0.4 is 5.32 Å². The van der Waals surface area contributed by atoms with Gasteiger partial charge in [-0.15, -0.1) is 0 Å². The van der Waals surface area contributed by atoms with Gasteiger partial charge in [-0.25, -0.2) is 14.1 Å². The number of nitrogens with zero attached hydrogens (tertiary/aromatic N) is 5. The van der Waals surface area contributed by atoms with E-state index in [1.807, 2.05) is 6.07 Å². The van der Waals surface area contributed by atoms with Crippen molar-refractivity contribution in [2.45, 2.75) is 37.1 Å². The van der Waals surface area contributed by atoms with Crippen LogP contribution in [0.2, 0.25) is 0 Å². The number of carbonyl (C=O) groups is 1. The van der Waals surface area contributed by atoms with Gasteiger partial charge in [0.25, 0.3) is 0 Å². The lowest BCUT2D eigenvalue weighted by molar-refractivity contribution is -0.130. The molecule has 2 fully saturated rings. The monoisotopic (exact) mass is 278 g/mol. The highest BCUT2D eigenvalue weighted by Gasteiger charge is 2.41. The van der Waals surface area contributed by atoms with Gasteiger partial charge < -0.3 is 10.2 Å². The minimum absolute atomic E-state index is 0.0237. The third kappa shape index (κ3) is 2.49. The Hall–Kier alpha value is -2.01. The number of carbonyl (C=O) groups excluding carboxylic acids is 1. The molecule has 1 aliphatic carbocycles. The number of nitrogens with one attached hydrogen (secondary N) is 1. The van der Waals surface area contributed by atoms with Gasteiger partial charge in [0.2, 0.25) is 5.91 Å². The van der Waals surface area contributed by atoms with E-state index in [4.69, 9.17) is 5.26 Å². The molecule has 1 N–H and O–H groups in total. The summed E-state index contributed by atoms with van der Waals surface area (Å²) in [5.74, 6) is -0.221. The highest BCUT2D eigenvalue weighted by Crippen LogP contribution is 2.34. The van der Waals surface area contributed by atoms with Gasteiger partial charge in [0.05, 0.1) is 25.2 Å². The first-order valence-corrected chi connectivity index (χ1v) is 6.59. The third-order valence-electron chi connectivity index (χ3n) is 3.77. The second kappa shape index (κ2) is 5.17. The molecular weight excluding hydrogens is 263 g/mol. The maximum atomic E-state index is 13.2. The van der Waals surface area contributed by atoms with Crippen molar-refractivity contribution in [3.05, 3.63) is 12.7 Å². The first-order chi connectivity index (χ1) is 9.69. The number of amides is 1. The molecule has 7 nitrogen and oxygen atoms in total. The topological polar surface area (TPSA) is 86.8 Å². The summed E-state index contributed by atoms with van der Waals surface area (Å²) in [6, 6.07) is 1.75. The fourth-order valence-corrected chi connectivity index (χ4v) is 2.58. The van der Waals surface area contributed by atoms with Crippen molar-refractivity contribution in [3.8, 4) is 6.07 Å². The van der Waals surface area contributed by atoms with Gasteiger partial charge >= 0.3 is 0 Å². The molecule has 1 aliphatic heterocycles. The van der Waals surface area contributed by atoms with Crippen LogP contribution in [0, 0.1) is 11.3 Å². The Balaban J connectivity index is 1.48. The Morgan fingerprint density at radius 1 is 1.55 bits per heavy atom. The molecule has 0 radical (unpaired) electrons. The first kappa shape index (κ1) is 13.0. The Morgan fingerprint density at radius 3 is 3.10 bits per heavy atom. The Bertz CT molecular complexity index is 527. The van der Waals surface area contributed by atoms with Crippen LogP contribution in [0.15, 0.2) is 12.7 Å². The van der Waals surface area contributed by atoms with Crippen LogP contribution in [0.1, 0.15) is 18.9 Å². The van der Waals surface area contributed by atoms with Crippen LogP contribution in [0.25, 0.3) is 0 Å². The van der Waals surface area contributed by atoms with Gasteiger partial charge in [0.15, 0.2) is 0 Å². The maximum Gasteiger partial charge on any atom is 0.237 e. The highest BCUT2D eigenvalue weighted by atomic mass is 19.1. The van der Waals surface area contributed by atoms with E-state index >= 15 is 0 Å². The number of likely N-dealkylation sites (tertiary alicyclic amines) is 1. The molecule has 1 aromatic rings. The van der Waals surface area contributed by atoms with Gasteiger partial charge in [0, 0.05) is 12.5 Å². The predicted molar refractivity (Wildman–Crippen MR) is 66.1 cm³/mol. The zero-order chi connectivity index (χ0) is 14.1. The lowest BCUT2D eigenvalue weighted by atomic mass is 10.2. The van der Waals surface area contributed by atoms with Crippen molar-refractivity contribution in [1.82, 2.24) is 25.0 Å². The van der Waals surface area contributed by atoms with Crippen molar-refractivity contribution >= 4 is 5.91 Å². The Morgan fingerprint density at radius 2 is 2.40 bits per heavy atom. The minimum Gasteiger partial charge on any atom is -0.323 e. The number of alkyl halides is 1. The SMILES string of the molecule is N#C[C@@H]1C[C@H](F)CN1C(=O)CNC1C[C@@H]1n1cncn1. The van der Waals surface area contributed by atoms with Gasteiger partial charge in [-0.2, -0.15) is 10.4 Å². The van der Waals surface area contributed by atoms with Crippen LogP contribution in [0.3, 0.4) is 0 Å². The summed E-state index contributed by atoms with van der Waals surface area (Å²) in [6.07, 6.45) is 3.04. The van der Waals surface area contributed by atoms with Crippen LogP contribution in [0.4, 0.5) is 4.39 Å². The summed E-state index contributed by atoms with van der Waals surface area (Å²) in [4.78, 5) is 17.2. The summed E-state index contributed by atoms with van der Waals surface area (Å²) < 4.78 is 15.0. The fraction of sp³-hybridized carbons (Fsp3) is 0.667. The smallest absolute Gasteiger partial charge is 0.237 e. The van der Waals surface area contributed by atoms with E-state index in [0.717, 1.165) is 6.42 Å².